The van der Waals surface area contributed by atoms with Gasteiger partial charge in [0.25, 0.3) is 0 Å². The van der Waals surface area contributed by atoms with Gasteiger partial charge in [-0.15, -0.1) is 0 Å². The van der Waals surface area contributed by atoms with Gasteiger partial charge in [-0.05, 0) is 13.8 Å². The molecule has 1 unspecified atom stereocenters. The van der Waals surface area contributed by atoms with E-state index >= 15 is 0 Å². The Morgan fingerprint density at radius 2 is 2.32 bits per heavy atom. The molecule has 1 heterocycles. The van der Waals surface area contributed by atoms with Crippen LogP contribution in [-0.4, -0.2) is 45.5 Å². The second kappa shape index (κ2) is 6.14. The van der Waals surface area contributed by atoms with E-state index in [2.05, 4.69) is 10.4 Å². The molecule has 2 N–H and O–H groups in total. The molecule has 0 radical (unpaired) electrons. The maximum Gasteiger partial charge on any atom is 0.333 e. The molecule has 0 aliphatic rings. The average molecular weight is 272 g/mol. The van der Waals surface area contributed by atoms with Crippen LogP contribution in [0.25, 0.3) is 0 Å². The maximum absolute atomic E-state index is 11.0. The normalized spacial score (nSPS) is 12.2. The van der Waals surface area contributed by atoms with Crippen molar-refractivity contribution in [3.8, 4) is 0 Å². The summed E-state index contributed by atoms with van der Waals surface area (Å²) in [6, 6.07) is -1.08. The Labute approximate surface area is 109 Å². The van der Waals surface area contributed by atoms with Crippen LogP contribution >= 0.6 is 0 Å². The molecule has 0 aliphatic heterocycles. The SMILES string of the molecule is CCn1nc(C)c([N+](=O)[O-])c1NC(COC)C(=O)O. The van der Waals surface area contributed by atoms with Crippen molar-refractivity contribution in [2.75, 3.05) is 19.0 Å². The van der Waals surface area contributed by atoms with Gasteiger partial charge in [0.05, 0.1) is 11.5 Å². The topological polar surface area (TPSA) is 120 Å². The van der Waals surface area contributed by atoms with Crippen molar-refractivity contribution in [1.82, 2.24) is 9.78 Å². The van der Waals surface area contributed by atoms with Crippen molar-refractivity contribution in [2.24, 2.45) is 0 Å². The number of carboxylic acids is 1. The molecule has 9 nitrogen and oxygen atoms in total. The zero-order valence-electron chi connectivity index (χ0n) is 10.9. The highest BCUT2D eigenvalue weighted by Crippen LogP contribution is 2.28. The highest BCUT2D eigenvalue weighted by atomic mass is 16.6. The second-order valence-corrected chi connectivity index (χ2v) is 3.85. The number of nitrogens with zero attached hydrogens (tertiary/aromatic N) is 3. The number of methoxy groups -OCH3 is 1. The number of nitrogens with one attached hydrogen (secondary N) is 1. The molecule has 9 heteroatoms. The first-order valence-electron chi connectivity index (χ1n) is 5.62. The number of hydrogen-bond acceptors (Lipinski definition) is 6. The Kier molecular flexibility index (Phi) is 4.81. The van der Waals surface area contributed by atoms with Crippen molar-refractivity contribution in [3.05, 3.63) is 15.8 Å². The van der Waals surface area contributed by atoms with Crippen molar-refractivity contribution >= 4 is 17.5 Å². The highest BCUT2D eigenvalue weighted by Gasteiger charge is 2.28. The molecule has 0 saturated heterocycles. The van der Waals surface area contributed by atoms with E-state index in [0.717, 1.165) is 0 Å². The van der Waals surface area contributed by atoms with E-state index in [4.69, 9.17) is 9.84 Å². The van der Waals surface area contributed by atoms with E-state index in [1.165, 1.54) is 18.7 Å². The first-order valence-corrected chi connectivity index (χ1v) is 5.62. The fraction of sp³-hybridized carbons (Fsp3) is 0.600. The fourth-order valence-electron chi connectivity index (χ4n) is 1.67. The van der Waals surface area contributed by atoms with Crippen LogP contribution < -0.4 is 5.32 Å². The number of rotatable bonds is 7. The predicted octanol–water partition coefficient (Wildman–Crippen LogP) is 0.631. The number of nitro groups is 1. The lowest BCUT2D eigenvalue weighted by atomic mass is 10.3. The Hall–Kier alpha value is -2.16. The molecule has 0 fully saturated rings. The second-order valence-electron chi connectivity index (χ2n) is 3.85. The fourth-order valence-corrected chi connectivity index (χ4v) is 1.67. The van der Waals surface area contributed by atoms with Gasteiger partial charge in [-0.3, -0.25) is 10.1 Å². The minimum Gasteiger partial charge on any atom is -0.480 e. The third kappa shape index (κ3) is 3.19. The van der Waals surface area contributed by atoms with E-state index < -0.39 is 16.9 Å². The molecule has 1 rings (SSSR count). The summed E-state index contributed by atoms with van der Waals surface area (Å²) >= 11 is 0. The van der Waals surface area contributed by atoms with Crippen LogP contribution in [0.5, 0.6) is 0 Å². The number of anilines is 1. The summed E-state index contributed by atoms with van der Waals surface area (Å²) in [5.74, 6) is -1.08. The molecule has 0 aromatic carbocycles. The predicted molar refractivity (Wildman–Crippen MR) is 66.2 cm³/mol. The van der Waals surface area contributed by atoms with Crippen molar-refractivity contribution < 1.29 is 19.6 Å². The molecular weight excluding hydrogens is 256 g/mol. The molecule has 0 aliphatic carbocycles. The summed E-state index contributed by atoms with van der Waals surface area (Å²) in [6.45, 7) is 3.53. The van der Waals surface area contributed by atoms with Crippen LogP contribution in [0.2, 0.25) is 0 Å². The van der Waals surface area contributed by atoms with Gasteiger partial charge in [0.15, 0.2) is 0 Å². The highest BCUT2D eigenvalue weighted by molar-refractivity contribution is 5.78. The van der Waals surface area contributed by atoms with E-state index in [9.17, 15) is 14.9 Å². The zero-order valence-corrected chi connectivity index (χ0v) is 10.9. The minimum atomic E-state index is -1.15. The lowest BCUT2D eigenvalue weighted by Gasteiger charge is -2.14. The van der Waals surface area contributed by atoms with E-state index in [1.807, 2.05) is 0 Å². The van der Waals surface area contributed by atoms with Gasteiger partial charge in [-0.25, -0.2) is 9.48 Å². The Balaban J connectivity index is 3.16. The molecule has 19 heavy (non-hydrogen) atoms. The average Bonchev–Trinajstić information content (AvgIpc) is 2.64. The van der Waals surface area contributed by atoms with Crippen molar-refractivity contribution in [1.29, 1.82) is 0 Å². The Morgan fingerprint density at radius 1 is 1.68 bits per heavy atom. The smallest absolute Gasteiger partial charge is 0.333 e. The molecule has 0 bridgehead atoms. The standard InChI is InChI=1S/C10H16N4O5/c1-4-13-9(8(14(17)18)6(2)12-13)11-7(5-19-3)10(15)16/h7,11H,4-5H2,1-3H3,(H,15,16). The Morgan fingerprint density at radius 3 is 2.74 bits per heavy atom. The largest absolute Gasteiger partial charge is 0.480 e. The van der Waals surface area contributed by atoms with Crippen LogP contribution in [0.4, 0.5) is 11.5 Å². The number of aliphatic carboxylic acids is 1. The van der Waals surface area contributed by atoms with Gasteiger partial charge < -0.3 is 15.2 Å². The van der Waals surface area contributed by atoms with E-state index in [-0.39, 0.29) is 23.8 Å². The molecule has 106 valence electrons. The van der Waals surface area contributed by atoms with E-state index in [0.29, 0.717) is 6.54 Å². The van der Waals surface area contributed by atoms with Crippen LogP contribution in [0.15, 0.2) is 0 Å². The summed E-state index contributed by atoms with van der Waals surface area (Å²) in [5, 5.41) is 26.6. The number of aryl methyl sites for hydroxylation is 2. The van der Waals surface area contributed by atoms with Gasteiger partial charge >= 0.3 is 11.7 Å². The number of carboxylic acid groups (broad SMARTS) is 1. The monoisotopic (exact) mass is 272 g/mol. The molecule has 0 amide bonds. The molecule has 1 atom stereocenters. The van der Waals surface area contributed by atoms with Gasteiger partial charge in [0, 0.05) is 13.7 Å². The van der Waals surface area contributed by atoms with Crippen LogP contribution in [0, 0.1) is 17.0 Å². The summed E-state index contributed by atoms with van der Waals surface area (Å²) in [6.07, 6.45) is 0. The van der Waals surface area contributed by atoms with Gasteiger partial charge in [-0.1, -0.05) is 0 Å². The van der Waals surface area contributed by atoms with Gasteiger partial charge in [0.2, 0.25) is 5.82 Å². The third-order valence-corrected chi connectivity index (χ3v) is 2.52. The first kappa shape index (κ1) is 14.9. The molecule has 0 saturated carbocycles. The summed E-state index contributed by atoms with van der Waals surface area (Å²) in [5.41, 5.74) is 0.0140. The lowest BCUT2D eigenvalue weighted by Crippen LogP contribution is -2.34. The number of carbonyl (C=O) groups is 1. The van der Waals surface area contributed by atoms with Crippen molar-refractivity contribution in [3.63, 3.8) is 0 Å². The summed E-state index contributed by atoms with van der Waals surface area (Å²) in [4.78, 5) is 21.5. The molecule has 1 aromatic rings. The minimum absolute atomic E-state index is 0.0782. The van der Waals surface area contributed by atoms with Crippen LogP contribution in [0.1, 0.15) is 12.6 Å². The summed E-state index contributed by atoms with van der Waals surface area (Å²) < 4.78 is 6.14. The van der Waals surface area contributed by atoms with Gasteiger partial charge in [0.1, 0.15) is 11.7 Å². The van der Waals surface area contributed by atoms with Gasteiger partial charge in [-0.2, -0.15) is 5.10 Å². The summed E-state index contributed by atoms with van der Waals surface area (Å²) in [7, 11) is 1.36. The number of ether oxygens (including phenoxy) is 1. The third-order valence-electron chi connectivity index (χ3n) is 2.52. The molecular formula is C10H16N4O5. The molecule has 0 spiro atoms. The van der Waals surface area contributed by atoms with E-state index in [1.54, 1.807) is 6.92 Å². The number of hydrogen-bond donors (Lipinski definition) is 2. The Bertz CT molecular complexity index is 485. The van der Waals surface area contributed by atoms with Crippen LogP contribution in [0.3, 0.4) is 0 Å². The van der Waals surface area contributed by atoms with Crippen molar-refractivity contribution in [2.45, 2.75) is 26.4 Å². The number of aromatic nitrogens is 2. The van der Waals surface area contributed by atoms with Crippen LogP contribution in [-0.2, 0) is 16.1 Å². The maximum atomic E-state index is 11.0. The first-order chi connectivity index (χ1) is 8.92. The molecule has 1 aromatic heterocycles. The lowest BCUT2D eigenvalue weighted by molar-refractivity contribution is -0.384. The zero-order chi connectivity index (χ0) is 14.6. The quantitative estimate of drug-likeness (QED) is 0.551.